The van der Waals surface area contributed by atoms with Crippen LogP contribution in [0.25, 0.3) is 0 Å². The zero-order valence-corrected chi connectivity index (χ0v) is 13.0. The van der Waals surface area contributed by atoms with Crippen LogP contribution >= 0.6 is 22.9 Å². The smallest absolute Gasteiger partial charge is 0.242 e. The van der Waals surface area contributed by atoms with E-state index in [0.717, 1.165) is 9.88 Å². The summed E-state index contributed by atoms with van der Waals surface area (Å²) in [5.41, 5.74) is 0.489. The molecule has 2 N–H and O–H groups in total. The van der Waals surface area contributed by atoms with Gasteiger partial charge in [0.05, 0.1) is 16.6 Å². The molecule has 0 amide bonds. The first-order valence-electron chi connectivity index (χ1n) is 5.72. The molecule has 0 saturated carbocycles. The van der Waals surface area contributed by atoms with Crippen LogP contribution in [0.15, 0.2) is 29.3 Å². The molecule has 0 atom stereocenters. The monoisotopic (exact) mass is 332 g/mol. The third-order valence-corrected chi connectivity index (χ3v) is 5.37. The number of aromatic nitrogens is 1. The largest absolute Gasteiger partial charge is 0.392 e. The zero-order valence-electron chi connectivity index (χ0n) is 10.6. The summed E-state index contributed by atoms with van der Waals surface area (Å²) in [5, 5.41) is 10.1. The average Bonchev–Trinajstić information content (AvgIpc) is 2.83. The number of sulfonamides is 1. The van der Waals surface area contributed by atoms with Gasteiger partial charge in [-0.05, 0) is 24.6 Å². The molecule has 0 bridgehead atoms. The molecule has 0 aliphatic heterocycles. The van der Waals surface area contributed by atoms with Crippen molar-refractivity contribution in [3.63, 3.8) is 0 Å². The molecule has 0 radical (unpaired) electrons. The van der Waals surface area contributed by atoms with Gasteiger partial charge in [-0.3, -0.25) is 0 Å². The molecule has 0 saturated heterocycles. The highest BCUT2D eigenvalue weighted by Gasteiger charge is 2.18. The Morgan fingerprint density at radius 1 is 1.45 bits per heavy atom. The molecule has 1 heterocycles. The van der Waals surface area contributed by atoms with Crippen molar-refractivity contribution in [1.82, 2.24) is 9.71 Å². The summed E-state index contributed by atoms with van der Waals surface area (Å²) in [4.78, 5) is 4.84. The van der Waals surface area contributed by atoms with Gasteiger partial charge < -0.3 is 5.11 Å². The van der Waals surface area contributed by atoms with Crippen molar-refractivity contribution in [2.24, 2.45) is 0 Å². The Kier molecular flexibility index (Phi) is 4.77. The summed E-state index contributed by atoms with van der Waals surface area (Å²) in [6.07, 6.45) is 1.63. The number of halogens is 1. The molecule has 2 aromatic rings. The van der Waals surface area contributed by atoms with E-state index in [1.54, 1.807) is 12.3 Å². The van der Waals surface area contributed by atoms with Crippen molar-refractivity contribution in [2.45, 2.75) is 25.0 Å². The number of aryl methyl sites for hydroxylation is 1. The van der Waals surface area contributed by atoms with Gasteiger partial charge in [0.25, 0.3) is 0 Å². The van der Waals surface area contributed by atoms with Crippen molar-refractivity contribution in [3.05, 3.63) is 44.9 Å². The Morgan fingerprint density at radius 3 is 2.80 bits per heavy atom. The second-order valence-electron chi connectivity index (χ2n) is 4.09. The molecule has 5 nitrogen and oxygen atoms in total. The average molecular weight is 333 g/mol. The number of benzene rings is 1. The number of rotatable bonds is 5. The Labute approximate surface area is 126 Å². The molecule has 0 aliphatic carbocycles. The molecule has 0 aliphatic rings. The highest BCUT2D eigenvalue weighted by molar-refractivity contribution is 7.89. The molecule has 2 rings (SSSR count). The van der Waals surface area contributed by atoms with E-state index in [1.165, 1.54) is 23.5 Å². The first kappa shape index (κ1) is 15.4. The van der Waals surface area contributed by atoms with Gasteiger partial charge in [-0.1, -0.05) is 17.7 Å². The summed E-state index contributed by atoms with van der Waals surface area (Å²) in [6.45, 7) is 1.77. The van der Waals surface area contributed by atoms with Crippen LogP contribution < -0.4 is 4.72 Å². The van der Waals surface area contributed by atoms with Crippen molar-refractivity contribution in [1.29, 1.82) is 0 Å². The van der Waals surface area contributed by atoms with E-state index >= 15 is 0 Å². The lowest BCUT2D eigenvalue weighted by atomic mass is 10.2. The fraction of sp³-hybridized carbons (Fsp3) is 0.250. The molecule has 0 unspecified atom stereocenters. The number of aliphatic hydroxyl groups excluding tert-OH is 1. The van der Waals surface area contributed by atoms with Gasteiger partial charge in [-0.25, -0.2) is 18.1 Å². The third kappa shape index (κ3) is 3.56. The first-order chi connectivity index (χ1) is 9.42. The number of hydrogen-bond acceptors (Lipinski definition) is 5. The normalized spacial score (nSPS) is 11.8. The third-order valence-electron chi connectivity index (χ3n) is 2.57. The van der Waals surface area contributed by atoms with Crippen molar-refractivity contribution < 1.29 is 13.5 Å². The summed E-state index contributed by atoms with van der Waals surface area (Å²) in [7, 11) is -3.73. The van der Waals surface area contributed by atoms with Crippen LogP contribution in [-0.4, -0.2) is 18.5 Å². The Morgan fingerprint density at radius 2 is 2.20 bits per heavy atom. The van der Waals surface area contributed by atoms with Gasteiger partial charge in [-0.15, -0.1) is 11.3 Å². The molecular formula is C12H13ClN2O3S2. The lowest BCUT2D eigenvalue weighted by Crippen LogP contribution is -2.23. The van der Waals surface area contributed by atoms with Gasteiger partial charge in [0.1, 0.15) is 4.90 Å². The van der Waals surface area contributed by atoms with E-state index in [-0.39, 0.29) is 23.1 Å². The van der Waals surface area contributed by atoms with Crippen LogP contribution in [0.5, 0.6) is 0 Å². The maximum Gasteiger partial charge on any atom is 0.242 e. The van der Waals surface area contributed by atoms with Gasteiger partial charge >= 0.3 is 0 Å². The van der Waals surface area contributed by atoms with Crippen LogP contribution in [0, 0.1) is 6.92 Å². The second kappa shape index (κ2) is 6.19. The van der Waals surface area contributed by atoms with Crippen LogP contribution in [0.3, 0.4) is 0 Å². The Bertz CT molecular complexity index is 713. The van der Waals surface area contributed by atoms with Gasteiger partial charge in [0, 0.05) is 17.6 Å². The first-order valence-corrected chi connectivity index (χ1v) is 8.40. The highest BCUT2D eigenvalue weighted by Crippen LogP contribution is 2.23. The molecule has 1 aromatic heterocycles. The predicted octanol–water partition coefficient (Wildman–Crippen LogP) is 2.08. The van der Waals surface area contributed by atoms with E-state index < -0.39 is 10.0 Å². The topological polar surface area (TPSA) is 79.3 Å². The second-order valence-corrected chi connectivity index (χ2v) is 7.55. The number of hydrogen-bond donors (Lipinski definition) is 2. The van der Waals surface area contributed by atoms with E-state index in [2.05, 4.69) is 9.71 Å². The van der Waals surface area contributed by atoms with E-state index in [1.807, 2.05) is 6.92 Å². The highest BCUT2D eigenvalue weighted by atomic mass is 35.5. The molecule has 108 valence electrons. The van der Waals surface area contributed by atoms with Crippen LogP contribution in [0.2, 0.25) is 5.02 Å². The summed E-state index contributed by atoms with van der Waals surface area (Å²) >= 11 is 7.34. The lowest BCUT2D eigenvalue weighted by molar-refractivity contribution is 0.281. The molecule has 0 fully saturated rings. The maximum absolute atomic E-state index is 12.2. The lowest BCUT2D eigenvalue weighted by Gasteiger charge is -2.08. The minimum Gasteiger partial charge on any atom is -0.392 e. The number of thiazole rings is 1. The van der Waals surface area contributed by atoms with E-state index in [0.29, 0.717) is 5.56 Å². The quantitative estimate of drug-likeness (QED) is 0.878. The Hall–Kier alpha value is -0.990. The fourth-order valence-electron chi connectivity index (χ4n) is 1.58. The van der Waals surface area contributed by atoms with Crippen molar-refractivity contribution in [2.75, 3.05) is 0 Å². The predicted molar refractivity (Wildman–Crippen MR) is 78.3 cm³/mol. The molecule has 8 heteroatoms. The van der Waals surface area contributed by atoms with Gasteiger partial charge in [0.15, 0.2) is 0 Å². The van der Waals surface area contributed by atoms with Crippen LogP contribution in [-0.2, 0) is 23.2 Å². The number of nitrogens with zero attached hydrogens (tertiary/aromatic N) is 1. The minimum atomic E-state index is -3.73. The van der Waals surface area contributed by atoms with Crippen LogP contribution in [0.4, 0.5) is 0 Å². The molecule has 20 heavy (non-hydrogen) atoms. The van der Waals surface area contributed by atoms with Gasteiger partial charge in [0.2, 0.25) is 10.0 Å². The van der Waals surface area contributed by atoms with E-state index in [9.17, 15) is 8.42 Å². The maximum atomic E-state index is 12.2. The molecular weight excluding hydrogens is 320 g/mol. The van der Waals surface area contributed by atoms with Crippen molar-refractivity contribution in [3.8, 4) is 0 Å². The summed E-state index contributed by atoms with van der Waals surface area (Å²) in [5.74, 6) is 0. The molecule has 1 aromatic carbocycles. The van der Waals surface area contributed by atoms with Crippen LogP contribution in [0.1, 0.15) is 15.4 Å². The number of aliphatic hydroxyl groups is 1. The standard InChI is InChI=1S/C12H13ClN2O3S2/c1-8-14-5-10(19-8)6-15-20(17,18)12-4-9(7-16)2-3-11(12)13/h2-5,15-16H,6-7H2,1H3. The summed E-state index contributed by atoms with van der Waals surface area (Å²) in [6, 6.07) is 4.40. The molecule has 0 spiro atoms. The number of nitrogens with one attached hydrogen (secondary N) is 1. The fourth-order valence-corrected chi connectivity index (χ4v) is 3.96. The van der Waals surface area contributed by atoms with Gasteiger partial charge in [-0.2, -0.15) is 0 Å². The summed E-state index contributed by atoms with van der Waals surface area (Å²) < 4.78 is 26.9. The van der Waals surface area contributed by atoms with Crippen molar-refractivity contribution >= 4 is 33.0 Å². The Balaban J connectivity index is 2.21. The van der Waals surface area contributed by atoms with E-state index in [4.69, 9.17) is 16.7 Å². The SMILES string of the molecule is Cc1ncc(CNS(=O)(=O)c2cc(CO)ccc2Cl)s1. The minimum absolute atomic E-state index is 0.0352. The zero-order chi connectivity index (χ0) is 14.8.